The summed E-state index contributed by atoms with van der Waals surface area (Å²) in [5, 5.41) is 12.0. The van der Waals surface area contributed by atoms with Crippen molar-refractivity contribution in [2.75, 3.05) is 13.1 Å². The van der Waals surface area contributed by atoms with E-state index < -0.39 is 5.97 Å². The van der Waals surface area contributed by atoms with Gasteiger partial charge in [-0.1, -0.05) is 19.8 Å². The van der Waals surface area contributed by atoms with Crippen LogP contribution in [0.4, 0.5) is 0 Å². The van der Waals surface area contributed by atoms with Gasteiger partial charge >= 0.3 is 5.97 Å². The molecule has 0 spiro atoms. The van der Waals surface area contributed by atoms with Crippen LogP contribution in [-0.4, -0.2) is 24.2 Å². The summed E-state index contributed by atoms with van der Waals surface area (Å²) in [5.74, 6) is 1.13. The van der Waals surface area contributed by atoms with Crippen LogP contribution in [0.1, 0.15) is 51.9 Å². The minimum absolute atomic E-state index is 0.320. The zero-order valence-electron chi connectivity index (χ0n) is 10.4. The van der Waals surface area contributed by atoms with Gasteiger partial charge < -0.3 is 10.4 Å². The highest BCUT2D eigenvalue weighted by molar-refractivity contribution is 5.66. The summed E-state index contributed by atoms with van der Waals surface area (Å²) in [7, 11) is 0. The summed E-state index contributed by atoms with van der Waals surface area (Å²) in [4.78, 5) is 10.3. The number of hydrogen-bond acceptors (Lipinski definition) is 2. The van der Waals surface area contributed by atoms with Gasteiger partial charge in [0.15, 0.2) is 0 Å². The quantitative estimate of drug-likeness (QED) is 0.627. The van der Waals surface area contributed by atoms with Gasteiger partial charge in [-0.25, -0.2) is 0 Å². The number of unbranched alkanes of at least 4 members (excludes halogenated alkanes) is 2. The van der Waals surface area contributed by atoms with E-state index in [9.17, 15) is 4.79 Å². The molecule has 0 aromatic carbocycles. The van der Waals surface area contributed by atoms with Crippen LogP contribution in [0.5, 0.6) is 0 Å². The van der Waals surface area contributed by atoms with E-state index in [2.05, 4.69) is 12.2 Å². The van der Waals surface area contributed by atoms with E-state index >= 15 is 0 Å². The molecule has 16 heavy (non-hydrogen) atoms. The fourth-order valence-corrected chi connectivity index (χ4v) is 2.52. The lowest BCUT2D eigenvalue weighted by Crippen LogP contribution is -2.22. The molecular formula is C13H25NO2. The standard InChI is InChI=1S/C13H25NO2/c1-11-6-7-12(9-11)10-14-8-4-2-3-5-13(15)16/h11-12,14H,2-10H2,1H3,(H,15,16). The highest BCUT2D eigenvalue weighted by Crippen LogP contribution is 2.29. The first kappa shape index (κ1) is 13.5. The van der Waals surface area contributed by atoms with E-state index in [4.69, 9.17) is 5.11 Å². The number of aliphatic carboxylic acids is 1. The molecule has 1 saturated carbocycles. The van der Waals surface area contributed by atoms with E-state index in [0.717, 1.165) is 44.2 Å². The van der Waals surface area contributed by atoms with Crippen molar-refractivity contribution in [2.24, 2.45) is 11.8 Å². The number of nitrogens with one attached hydrogen (secondary N) is 1. The van der Waals surface area contributed by atoms with Gasteiger partial charge in [0.05, 0.1) is 0 Å². The molecule has 0 aromatic rings. The molecule has 3 heteroatoms. The molecule has 0 heterocycles. The molecule has 1 aliphatic carbocycles. The van der Waals surface area contributed by atoms with Crippen molar-refractivity contribution in [2.45, 2.75) is 51.9 Å². The maximum atomic E-state index is 10.3. The van der Waals surface area contributed by atoms with Crippen LogP contribution in [0.25, 0.3) is 0 Å². The van der Waals surface area contributed by atoms with Crippen LogP contribution in [0.15, 0.2) is 0 Å². The first-order chi connectivity index (χ1) is 7.68. The molecule has 2 atom stereocenters. The predicted octanol–water partition coefficient (Wildman–Crippen LogP) is 2.66. The van der Waals surface area contributed by atoms with Crippen LogP contribution in [0.3, 0.4) is 0 Å². The summed E-state index contributed by atoms with van der Waals surface area (Å²) in [5.41, 5.74) is 0. The Kier molecular flexibility index (Phi) is 6.46. The molecule has 1 rings (SSSR count). The molecule has 0 bridgehead atoms. The lowest BCUT2D eigenvalue weighted by molar-refractivity contribution is -0.137. The number of carboxylic acids is 1. The highest BCUT2D eigenvalue weighted by Gasteiger charge is 2.20. The fraction of sp³-hybridized carbons (Fsp3) is 0.923. The molecule has 2 N–H and O–H groups in total. The van der Waals surface area contributed by atoms with Crippen molar-refractivity contribution < 1.29 is 9.90 Å². The third kappa shape index (κ3) is 6.11. The van der Waals surface area contributed by atoms with Gasteiger partial charge in [0, 0.05) is 6.42 Å². The topological polar surface area (TPSA) is 49.3 Å². The van der Waals surface area contributed by atoms with E-state index in [0.29, 0.717) is 6.42 Å². The Morgan fingerprint density at radius 1 is 1.31 bits per heavy atom. The highest BCUT2D eigenvalue weighted by atomic mass is 16.4. The molecule has 0 aliphatic heterocycles. The lowest BCUT2D eigenvalue weighted by Gasteiger charge is -2.10. The number of carbonyl (C=O) groups is 1. The Hall–Kier alpha value is -0.570. The fourth-order valence-electron chi connectivity index (χ4n) is 2.52. The average molecular weight is 227 g/mol. The minimum atomic E-state index is -0.673. The lowest BCUT2D eigenvalue weighted by atomic mass is 10.1. The third-order valence-electron chi connectivity index (χ3n) is 3.48. The Balaban J connectivity index is 1.83. The largest absolute Gasteiger partial charge is 0.481 e. The van der Waals surface area contributed by atoms with Crippen molar-refractivity contribution >= 4 is 5.97 Å². The van der Waals surface area contributed by atoms with Crippen molar-refractivity contribution in [1.82, 2.24) is 5.32 Å². The molecule has 0 saturated heterocycles. The first-order valence-corrected chi connectivity index (χ1v) is 6.61. The van der Waals surface area contributed by atoms with Gasteiger partial charge in [-0.15, -0.1) is 0 Å². The molecule has 0 amide bonds. The summed E-state index contributed by atoms with van der Waals surface area (Å²) >= 11 is 0. The minimum Gasteiger partial charge on any atom is -0.481 e. The molecule has 94 valence electrons. The van der Waals surface area contributed by atoms with E-state index in [1.165, 1.54) is 19.3 Å². The normalized spacial score (nSPS) is 24.8. The molecule has 1 fully saturated rings. The second-order valence-electron chi connectivity index (χ2n) is 5.19. The van der Waals surface area contributed by atoms with E-state index in [1.807, 2.05) is 0 Å². The molecule has 2 unspecified atom stereocenters. The second-order valence-corrected chi connectivity index (χ2v) is 5.19. The van der Waals surface area contributed by atoms with Crippen LogP contribution >= 0.6 is 0 Å². The summed E-state index contributed by atoms with van der Waals surface area (Å²) < 4.78 is 0. The Labute approximate surface area is 98.6 Å². The third-order valence-corrected chi connectivity index (χ3v) is 3.48. The first-order valence-electron chi connectivity index (χ1n) is 6.61. The van der Waals surface area contributed by atoms with Gasteiger partial charge in [-0.2, -0.15) is 0 Å². The van der Waals surface area contributed by atoms with Crippen molar-refractivity contribution in [1.29, 1.82) is 0 Å². The Morgan fingerprint density at radius 2 is 2.12 bits per heavy atom. The summed E-state index contributed by atoms with van der Waals surface area (Å²) in [6.07, 6.45) is 7.43. The van der Waals surface area contributed by atoms with Crippen LogP contribution in [-0.2, 0) is 4.79 Å². The maximum Gasteiger partial charge on any atom is 0.303 e. The monoisotopic (exact) mass is 227 g/mol. The second kappa shape index (κ2) is 7.66. The Morgan fingerprint density at radius 3 is 2.75 bits per heavy atom. The van der Waals surface area contributed by atoms with Crippen LogP contribution in [0, 0.1) is 11.8 Å². The zero-order chi connectivity index (χ0) is 11.8. The van der Waals surface area contributed by atoms with E-state index in [1.54, 1.807) is 0 Å². The maximum absolute atomic E-state index is 10.3. The molecular weight excluding hydrogens is 202 g/mol. The van der Waals surface area contributed by atoms with Gasteiger partial charge in [-0.05, 0) is 50.6 Å². The van der Waals surface area contributed by atoms with E-state index in [-0.39, 0.29) is 0 Å². The Bertz CT molecular complexity index is 206. The smallest absolute Gasteiger partial charge is 0.303 e. The number of carboxylic acid groups (broad SMARTS) is 1. The number of hydrogen-bond donors (Lipinski definition) is 2. The number of rotatable bonds is 8. The van der Waals surface area contributed by atoms with Crippen molar-refractivity contribution in [3.05, 3.63) is 0 Å². The summed E-state index contributed by atoms with van der Waals surface area (Å²) in [6.45, 7) is 4.54. The van der Waals surface area contributed by atoms with Gasteiger partial charge in [0.2, 0.25) is 0 Å². The molecule has 0 aromatic heterocycles. The van der Waals surface area contributed by atoms with Gasteiger partial charge in [0.25, 0.3) is 0 Å². The van der Waals surface area contributed by atoms with Crippen molar-refractivity contribution in [3.8, 4) is 0 Å². The van der Waals surface area contributed by atoms with Crippen LogP contribution in [0.2, 0.25) is 0 Å². The zero-order valence-corrected chi connectivity index (χ0v) is 10.4. The molecule has 1 aliphatic rings. The van der Waals surface area contributed by atoms with Crippen molar-refractivity contribution in [3.63, 3.8) is 0 Å². The SMILES string of the molecule is CC1CCC(CNCCCCCC(=O)O)C1. The average Bonchev–Trinajstić information content (AvgIpc) is 2.62. The van der Waals surface area contributed by atoms with Crippen LogP contribution < -0.4 is 5.32 Å². The molecule has 0 radical (unpaired) electrons. The predicted molar refractivity (Wildman–Crippen MR) is 65.5 cm³/mol. The molecule has 3 nitrogen and oxygen atoms in total. The van der Waals surface area contributed by atoms with Gasteiger partial charge in [0.1, 0.15) is 0 Å². The van der Waals surface area contributed by atoms with Gasteiger partial charge in [-0.3, -0.25) is 4.79 Å². The summed E-state index contributed by atoms with van der Waals surface area (Å²) in [6, 6.07) is 0.